The van der Waals surface area contributed by atoms with E-state index in [0.29, 0.717) is 17.6 Å². The average molecular weight is 296 g/mol. The molecule has 2 rings (SSSR count). The second-order valence-electron chi connectivity index (χ2n) is 4.85. The van der Waals surface area contributed by atoms with Gasteiger partial charge in [0.2, 0.25) is 5.29 Å². The molecule has 0 atom stereocenters. The zero-order valence-corrected chi connectivity index (χ0v) is 12.1. The smallest absolute Gasteiger partial charge is 0.219 e. The molecule has 0 unspecified atom stereocenters. The molecule has 0 saturated heterocycles. The lowest BCUT2D eigenvalue weighted by Gasteiger charge is -2.28. The van der Waals surface area contributed by atoms with Gasteiger partial charge in [-0.05, 0) is 30.5 Å². The molecule has 0 bridgehead atoms. The first-order chi connectivity index (χ1) is 9.04. The maximum absolute atomic E-state index is 11.8. The normalized spacial score (nSPS) is 22.2. The van der Waals surface area contributed by atoms with Crippen molar-refractivity contribution in [2.24, 2.45) is 9.98 Å². The number of halogens is 1. The van der Waals surface area contributed by atoms with E-state index in [9.17, 15) is 4.79 Å². The van der Waals surface area contributed by atoms with E-state index in [-0.39, 0.29) is 18.5 Å². The van der Waals surface area contributed by atoms with Crippen molar-refractivity contribution in [2.75, 3.05) is 7.05 Å². The van der Waals surface area contributed by atoms with Crippen LogP contribution in [-0.4, -0.2) is 34.9 Å². The summed E-state index contributed by atoms with van der Waals surface area (Å²) in [5.41, 5.74) is 1.38. The highest BCUT2D eigenvalue weighted by Crippen LogP contribution is 2.32. The summed E-state index contributed by atoms with van der Waals surface area (Å²) in [6, 6.07) is 0.314. The Hall–Kier alpha value is -1.42. The van der Waals surface area contributed by atoms with Gasteiger partial charge in [0.05, 0.1) is 5.70 Å². The number of aliphatic imine (C=N–C) groups is 2. The van der Waals surface area contributed by atoms with Crippen LogP contribution in [0.25, 0.3) is 0 Å². The molecular weight excluding hydrogens is 274 g/mol. The lowest BCUT2D eigenvalue weighted by molar-refractivity contribution is -0.114. The molecule has 0 spiro atoms. The standard InChI is InChI=1S/C14H18ClN3O.CH4/c1-9-8-12(10(2)19)18(11-6-4-5-7-11)13(9)17-14(15)16-3;/h8,11H,1,4-7H2,2-3H3;1H4/b16-14?,17-13+;. The minimum absolute atomic E-state index is 0. The third-order valence-electron chi connectivity index (χ3n) is 3.52. The summed E-state index contributed by atoms with van der Waals surface area (Å²) in [5, 5.41) is 0.178. The van der Waals surface area contributed by atoms with E-state index in [4.69, 9.17) is 11.6 Å². The van der Waals surface area contributed by atoms with Gasteiger partial charge in [-0.2, -0.15) is 0 Å². The van der Waals surface area contributed by atoms with Crippen LogP contribution in [0.3, 0.4) is 0 Å². The van der Waals surface area contributed by atoms with Crippen LogP contribution in [0.2, 0.25) is 0 Å². The van der Waals surface area contributed by atoms with Crippen LogP contribution in [0.15, 0.2) is 33.9 Å². The van der Waals surface area contributed by atoms with Crippen molar-refractivity contribution < 1.29 is 4.79 Å². The third kappa shape index (κ3) is 3.18. The summed E-state index contributed by atoms with van der Waals surface area (Å²) in [7, 11) is 1.59. The molecule has 0 radical (unpaired) electrons. The molecule has 0 amide bonds. The molecule has 0 aromatic carbocycles. The number of allylic oxidation sites excluding steroid dienone is 1. The Bertz CT molecular complexity index is 499. The highest BCUT2D eigenvalue weighted by molar-refractivity contribution is 6.65. The largest absolute Gasteiger partial charge is 0.320 e. The first kappa shape index (κ1) is 16.6. The summed E-state index contributed by atoms with van der Waals surface area (Å²) < 4.78 is 0. The molecule has 0 aromatic heterocycles. The summed E-state index contributed by atoms with van der Waals surface area (Å²) in [6.45, 7) is 5.53. The molecule has 2 aliphatic rings. The minimum Gasteiger partial charge on any atom is -0.320 e. The molecule has 20 heavy (non-hydrogen) atoms. The van der Waals surface area contributed by atoms with E-state index in [1.165, 1.54) is 12.8 Å². The topological polar surface area (TPSA) is 45.0 Å². The SMILES string of the molecule is C.C=C1C=C(C(C)=O)N(C2CCCC2)/C1=N/C(Cl)=NC. The number of ketones is 1. The van der Waals surface area contributed by atoms with Crippen LogP contribution in [-0.2, 0) is 4.79 Å². The predicted molar refractivity (Wildman–Crippen MR) is 85.4 cm³/mol. The van der Waals surface area contributed by atoms with E-state index < -0.39 is 0 Å². The molecule has 0 N–H and O–H groups in total. The van der Waals surface area contributed by atoms with Crippen LogP contribution in [0.4, 0.5) is 0 Å². The van der Waals surface area contributed by atoms with Crippen LogP contribution in [0.5, 0.6) is 0 Å². The van der Waals surface area contributed by atoms with Crippen molar-refractivity contribution in [1.82, 2.24) is 4.90 Å². The second-order valence-corrected chi connectivity index (χ2v) is 5.19. The fraction of sp³-hybridized carbons (Fsp3) is 0.533. The van der Waals surface area contributed by atoms with Gasteiger partial charge in [0.1, 0.15) is 5.84 Å². The van der Waals surface area contributed by atoms with Crippen LogP contribution < -0.4 is 0 Å². The Kier molecular flexibility index (Phi) is 5.69. The van der Waals surface area contributed by atoms with Crippen LogP contribution >= 0.6 is 11.6 Å². The summed E-state index contributed by atoms with van der Waals surface area (Å²) in [4.78, 5) is 21.9. The maximum atomic E-state index is 11.8. The number of carbonyl (C=O) groups is 1. The Morgan fingerprint density at radius 1 is 1.45 bits per heavy atom. The van der Waals surface area contributed by atoms with Gasteiger partial charge in [-0.25, -0.2) is 4.99 Å². The lowest BCUT2D eigenvalue weighted by Crippen LogP contribution is -2.37. The van der Waals surface area contributed by atoms with Crippen molar-refractivity contribution in [3.05, 3.63) is 23.9 Å². The van der Waals surface area contributed by atoms with Gasteiger partial charge >= 0.3 is 0 Å². The summed E-state index contributed by atoms with van der Waals surface area (Å²) in [5.74, 6) is 0.690. The number of amidine groups is 2. The van der Waals surface area contributed by atoms with Gasteiger partial charge < -0.3 is 4.90 Å². The number of hydrogen-bond acceptors (Lipinski definition) is 2. The zero-order chi connectivity index (χ0) is 14.0. The molecule has 1 aliphatic heterocycles. The van der Waals surface area contributed by atoms with Crippen molar-refractivity contribution >= 4 is 28.5 Å². The Morgan fingerprint density at radius 2 is 2.05 bits per heavy atom. The quantitative estimate of drug-likeness (QED) is 0.444. The monoisotopic (exact) mass is 295 g/mol. The van der Waals surface area contributed by atoms with E-state index in [1.807, 2.05) is 4.90 Å². The molecule has 1 aliphatic carbocycles. The molecule has 1 heterocycles. The molecule has 110 valence electrons. The Balaban J connectivity index is 0.00000200. The van der Waals surface area contributed by atoms with Crippen LogP contribution in [0.1, 0.15) is 40.0 Å². The highest BCUT2D eigenvalue weighted by Gasteiger charge is 2.34. The number of hydrogen-bond donors (Lipinski definition) is 0. The highest BCUT2D eigenvalue weighted by atomic mass is 35.5. The fourth-order valence-electron chi connectivity index (χ4n) is 2.63. The number of carbonyl (C=O) groups excluding carboxylic acids is 1. The van der Waals surface area contributed by atoms with Crippen molar-refractivity contribution in [3.63, 3.8) is 0 Å². The predicted octanol–water partition coefficient (Wildman–Crippen LogP) is 3.53. The van der Waals surface area contributed by atoms with Crippen molar-refractivity contribution in [1.29, 1.82) is 0 Å². The van der Waals surface area contributed by atoms with E-state index in [2.05, 4.69) is 16.6 Å². The third-order valence-corrected chi connectivity index (χ3v) is 3.77. The molecule has 1 fully saturated rings. The average Bonchev–Trinajstić information content (AvgIpc) is 2.98. The Labute approximate surface area is 125 Å². The van der Waals surface area contributed by atoms with Crippen LogP contribution in [0, 0.1) is 0 Å². The van der Waals surface area contributed by atoms with Gasteiger partial charge in [0.25, 0.3) is 0 Å². The van der Waals surface area contributed by atoms with Crippen molar-refractivity contribution in [3.8, 4) is 0 Å². The van der Waals surface area contributed by atoms with Gasteiger partial charge in [-0.1, -0.05) is 26.8 Å². The van der Waals surface area contributed by atoms with Gasteiger partial charge in [0, 0.05) is 25.6 Å². The number of Topliss-reactive ketones (excluding diaryl/α,β-unsaturated/α-hetero) is 1. The van der Waals surface area contributed by atoms with Gasteiger partial charge in [-0.15, -0.1) is 0 Å². The number of rotatable bonds is 2. The molecule has 0 aromatic rings. The molecule has 1 saturated carbocycles. The van der Waals surface area contributed by atoms with Crippen molar-refractivity contribution in [2.45, 2.75) is 46.1 Å². The Morgan fingerprint density at radius 3 is 2.55 bits per heavy atom. The van der Waals surface area contributed by atoms with Gasteiger partial charge in [0.15, 0.2) is 5.78 Å². The zero-order valence-electron chi connectivity index (χ0n) is 11.3. The fourth-order valence-corrected chi connectivity index (χ4v) is 2.71. The number of nitrogens with zero attached hydrogens (tertiary/aromatic N) is 3. The summed E-state index contributed by atoms with van der Waals surface area (Å²) >= 11 is 5.90. The summed E-state index contributed by atoms with van der Waals surface area (Å²) in [6.07, 6.45) is 6.29. The first-order valence-corrected chi connectivity index (χ1v) is 6.84. The first-order valence-electron chi connectivity index (χ1n) is 6.46. The molecule has 4 nitrogen and oxygen atoms in total. The maximum Gasteiger partial charge on any atom is 0.219 e. The minimum atomic E-state index is 0. The van der Waals surface area contributed by atoms with Gasteiger partial charge in [-0.3, -0.25) is 9.79 Å². The second kappa shape index (κ2) is 6.84. The van der Waals surface area contributed by atoms with E-state index in [1.54, 1.807) is 20.0 Å². The molecular formula is C15H22ClN3O. The lowest BCUT2D eigenvalue weighted by atomic mass is 10.2. The van der Waals surface area contributed by atoms with E-state index in [0.717, 1.165) is 18.4 Å². The molecule has 5 heteroatoms. The van der Waals surface area contributed by atoms with E-state index >= 15 is 0 Å².